The first-order valence-corrected chi connectivity index (χ1v) is 7.00. The molecule has 0 saturated carbocycles. The minimum absolute atomic E-state index is 0.620. The summed E-state index contributed by atoms with van der Waals surface area (Å²) in [6.45, 7) is 2.60. The maximum atomic E-state index is 5.35. The fraction of sp³-hybridized carbons (Fsp3) is 0.154. The number of aryl methyl sites for hydroxylation is 1. The van der Waals surface area contributed by atoms with Gasteiger partial charge in [0.05, 0.1) is 17.8 Å². The van der Waals surface area contributed by atoms with Gasteiger partial charge in [0.25, 0.3) is 0 Å². The standard InChI is InChI=1S/C13H11BrN4S/c1-8-3-2-4-10(16-8)7-18-12-11(17-13(18)19)5-9(14)6-15-12/h2-6H,7H2,1H3,(H,17,19). The Morgan fingerprint density at radius 3 is 3.05 bits per heavy atom. The van der Waals surface area contributed by atoms with E-state index in [1.54, 1.807) is 6.20 Å². The zero-order valence-electron chi connectivity index (χ0n) is 10.2. The van der Waals surface area contributed by atoms with E-state index in [9.17, 15) is 0 Å². The third kappa shape index (κ3) is 2.46. The predicted octanol–water partition coefficient (Wildman–Crippen LogP) is 3.61. The Kier molecular flexibility index (Phi) is 3.20. The molecule has 0 aliphatic carbocycles. The van der Waals surface area contributed by atoms with Crippen LogP contribution in [-0.2, 0) is 6.54 Å². The molecular formula is C13H11BrN4S. The molecule has 3 heterocycles. The van der Waals surface area contributed by atoms with Gasteiger partial charge in [0.15, 0.2) is 10.4 Å². The van der Waals surface area contributed by atoms with E-state index in [0.29, 0.717) is 11.3 Å². The number of hydrogen-bond donors (Lipinski definition) is 1. The van der Waals surface area contributed by atoms with Crippen molar-refractivity contribution in [1.82, 2.24) is 19.5 Å². The van der Waals surface area contributed by atoms with Gasteiger partial charge >= 0.3 is 0 Å². The van der Waals surface area contributed by atoms with Crippen LogP contribution < -0.4 is 0 Å². The summed E-state index contributed by atoms with van der Waals surface area (Å²) >= 11 is 8.76. The van der Waals surface area contributed by atoms with Crippen molar-refractivity contribution in [3.05, 3.63) is 51.1 Å². The Bertz CT molecular complexity index is 806. The average Bonchev–Trinajstić information content (AvgIpc) is 2.65. The summed E-state index contributed by atoms with van der Waals surface area (Å²) in [6, 6.07) is 7.94. The molecule has 0 fully saturated rings. The number of aromatic nitrogens is 4. The average molecular weight is 335 g/mol. The molecule has 3 aromatic rings. The summed E-state index contributed by atoms with van der Waals surface area (Å²) in [7, 11) is 0. The first-order chi connectivity index (χ1) is 9.13. The van der Waals surface area contributed by atoms with Gasteiger partial charge < -0.3 is 4.98 Å². The number of H-pyrrole nitrogens is 1. The molecule has 0 bridgehead atoms. The van der Waals surface area contributed by atoms with Crippen LogP contribution in [0.5, 0.6) is 0 Å². The first-order valence-electron chi connectivity index (χ1n) is 5.80. The number of halogens is 1. The molecule has 0 aromatic carbocycles. The zero-order chi connectivity index (χ0) is 13.4. The Labute approximate surface area is 123 Å². The number of nitrogens with one attached hydrogen (secondary N) is 1. The number of aromatic amines is 1. The van der Waals surface area contributed by atoms with Crippen molar-refractivity contribution in [2.24, 2.45) is 0 Å². The lowest BCUT2D eigenvalue weighted by Crippen LogP contribution is -2.03. The number of rotatable bonds is 2. The van der Waals surface area contributed by atoms with Gasteiger partial charge in [0.1, 0.15) is 0 Å². The highest BCUT2D eigenvalue weighted by Crippen LogP contribution is 2.17. The monoisotopic (exact) mass is 334 g/mol. The molecule has 4 nitrogen and oxygen atoms in total. The van der Waals surface area contributed by atoms with Crippen molar-refractivity contribution in [2.75, 3.05) is 0 Å². The van der Waals surface area contributed by atoms with Crippen LogP contribution in [0.1, 0.15) is 11.4 Å². The van der Waals surface area contributed by atoms with Crippen LogP contribution in [0.3, 0.4) is 0 Å². The van der Waals surface area contributed by atoms with Crippen LogP contribution in [0.15, 0.2) is 34.9 Å². The Hall–Kier alpha value is -1.53. The van der Waals surface area contributed by atoms with Crippen molar-refractivity contribution in [3.63, 3.8) is 0 Å². The van der Waals surface area contributed by atoms with E-state index in [-0.39, 0.29) is 0 Å². The molecule has 0 radical (unpaired) electrons. The molecule has 0 saturated heterocycles. The van der Waals surface area contributed by atoms with Crippen molar-refractivity contribution in [2.45, 2.75) is 13.5 Å². The number of fused-ring (bicyclic) bond motifs is 1. The van der Waals surface area contributed by atoms with Crippen LogP contribution in [0, 0.1) is 11.7 Å². The Morgan fingerprint density at radius 2 is 2.26 bits per heavy atom. The van der Waals surface area contributed by atoms with Crippen molar-refractivity contribution >= 4 is 39.3 Å². The second-order valence-corrected chi connectivity index (χ2v) is 5.61. The van der Waals surface area contributed by atoms with Crippen LogP contribution >= 0.6 is 28.1 Å². The van der Waals surface area contributed by atoms with E-state index in [0.717, 1.165) is 27.0 Å². The maximum Gasteiger partial charge on any atom is 0.179 e. The second-order valence-electron chi connectivity index (χ2n) is 4.31. The molecule has 19 heavy (non-hydrogen) atoms. The normalized spacial score (nSPS) is 11.1. The van der Waals surface area contributed by atoms with Gasteiger partial charge in [-0.1, -0.05) is 6.07 Å². The summed E-state index contributed by atoms with van der Waals surface area (Å²) in [5.41, 5.74) is 3.74. The Balaban J connectivity index is 2.10. The summed E-state index contributed by atoms with van der Waals surface area (Å²) in [5.74, 6) is 0. The Morgan fingerprint density at radius 1 is 1.42 bits per heavy atom. The quantitative estimate of drug-likeness (QED) is 0.728. The van der Waals surface area contributed by atoms with Crippen LogP contribution in [0.2, 0.25) is 0 Å². The third-order valence-electron chi connectivity index (χ3n) is 2.84. The highest BCUT2D eigenvalue weighted by Gasteiger charge is 2.07. The molecule has 6 heteroatoms. The summed E-state index contributed by atoms with van der Waals surface area (Å²) < 4.78 is 3.54. The predicted molar refractivity (Wildman–Crippen MR) is 80.7 cm³/mol. The highest BCUT2D eigenvalue weighted by molar-refractivity contribution is 9.10. The number of imidazole rings is 1. The lowest BCUT2D eigenvalue weighted by atomic mass is 10.3. The van der Waals surface area contributed by atoms with Gasteiger partial charge in [-0.2, -0.15) is 0 Å². The molecule has 0 aliphatic rings. The fourth-order valence-electron chi connectivity index (χ4n) is 2.01. The highest BCUT2D eigenvalue weighted by atomic mass is 79.9. The first kappa shape index (κ1) is 12.5. The maximum absolute atomic E-state index is 5.35. The lowest BCUT2D eigenvalue weighted by molar-refractivity contribution is 0.773. The summed E-state index contributed by atoms with van der Waals surface area (Å²) in [6.07, 6.45) is 1.77. The van der Waals surface area contributed by atoms with Gasteiger partial charge in [-0.25, -0.2) is 4.98 Å². The van der Waals surface area contributed by atoms with Crippen LogP contribution in [0.25, 0.3) is 11.2 Å². The third-order valence-corrected chi connectivity index (χ3v) is 3.60. The molecule has 96 valence electrons. The van der Waals surface area contributed by atoms with Crippen LogP contribution in [-0.4, -0.2) is 19.5 Å². The van der Waals surface area contributed by atoms with E-state index < -0.39 is 0 Å². The van der Waals surface area contributed by atoms with E-state index in [4.69, 9.17) is 12.2 Å². The zero-order valence-corrected chi connectivity index (χ0v) is 12.6. The number of nitrogens with zero attached hydrogens (tertiary/aromatic N) is 3. The van der Waals surface area contributed by atoms with Crippen molar-refractivity contribution in [1.29, 1.82) is 0 Å². The molecule has 3 rings (SSSR count). The van der Waals surface area contributed by atoms with Gasteiger partial charge in [0.2, 0.25) is 0 Å². The molecule has 1 N–H and O–H groups in total. The fourth-order valence-corrected chi connectivity index (χ4v) is 2.61. The SMILES string of the molecule is Cc1cccc(Cn2c(=S)[nH]c3cc(Br)cnc32)n1. The summed E-state index contributed by atoms with van der Waals surface area (Å²) in [5, 5.41) is 0. The van der Waals surface area contributed by atoms with Gasteiger partial charge in [-0.05, 0) is 53.3 Å². The second kappa shape index (κ2) is 4.86. The van der Waals surface area contributed by atoms with Crippen LogP contribution in [0.4, 0.5) is 0 Å². The molecule has 0 spiro atoms. The molecule has 0 atom stereocenters. The number of pyridine rings is 2. The van der Waals surface area contributed by atoms with Gasteiger partial charge in [-0.3, -0.25) is 9.55 Å². The van der Waals surface area contributed by atoms with Crippen molar-refractivity contribution < 1.29 is 0 Å². The lowest BCUT2D eigenvalue weighted by Gasteiger charge is -2.04. The molecular weight excluding hydrogens is 324 g/mol. The van der Waals surface area contributed by atoms with E-state index in [2.05, 4.69) is 30.9 Å². The van der Waals surface area contributed by atoms with Gasteiger partial charge in [-0.15, -0.1) is 0 Å². The smallest absolute Gasteiger partial charge is 0.179 e. The topological polar surface area (TPSA) is 46.5 Å². The minimum atomic E-state index is 0.620. The minimum Gasteiger partial charge on any atom is -0.329 e. The molecule has 3 aromatic heterocycles. The van der Waals surface area contributed by atoms with E-state index in [1.807, 2.05) is 35.8 Å². The summed E-state index contributed by atoms with van der Waals surface area (Å²) in [4.78, 5) is 12.1. The van der Waals surface area contributed by atoms with E-state index in [1.165, 1.54) is 0 Å². The van der Waals surface area contributed by atoms with Gasteiger partial charge in [0, 0.05) is 16.4 Å². The molecule has 0 unspecified atom stereocenters. The number of hydrogen-bond acceptors (Lipinski definition) is 3. The largest absolute Gasteiger partial charge is 0.329 e. The van der Waals surface area contributed by atoms with Crippen molar-refractivity contribution in [3.8, 4) is 0 Å². The molecule has 0 aliphatic heterocycles. The molecule has 0 amide bonds. The van der Waals surface area contributed by atoms with E-state index >= 15 is 0 Å².